The van der Waals surface area contributed by atoms with Gasteiger partial charge in [0.2, 0.25) is 0 Å². The number of rotatable bonds is 3. The first-order valence-corrected chi connectivity index (χ1v) is 12.5. The zero-order valence-corrected chi connectivity index (χ0v) is 18.9. The van der Waals surface area contributed by atoms with Crippen molar-refractivity contribution in [1.82, 2.24) is 4.90 Å². The maximum Gasteiger partial charge on any atom is 0.338 e. The number of esters is 1. The van der Waals surface area contributed by atoms with Gasteiger partial charge in [-0.2, -0.15) is 8.42 Å². The maximum absolute atomic E-state index is 12.8. The molecule has 1 aromatic rings. The second kappa shape index (κ2) is 8.61. The van der Waals surface area contributed by atoms with Crippen molar-refractivity contribution in [3.63, 3.8) is 0 Å². The lowest BCUT2D eigenvalue weighted by Crippen LogP contribution is -2.44. The summed E-state index contributed by atoms with van der Waals surface area (Å²) in [6.45, 7) is 5.74. The highest BCUT2D eigenvalue weighted by molar-refractivity contribution is 7.90. The molecule has 0 saturated carbocycles. The van der Waals surface area contributed by atoms with Crippen LogP contribution in [0.1, 0.15) is 62.7 Å². The molecule has 8 nitrogen and oxygen atoms in total. The predicted molar refractivity (Wildman–Crippen MR) is 117 cm³/mol. The Morgan fingerprint density at radius 3 is 2.61 bits per heavy atom. The van der Waals surface area contributed by atoms with Gasteiger partial charge in [0.25, 0.3) is 15.9 Å². The van der Waals surface area contributed by atoms with Crippen LogP contribution in [0.15, 0.2) is 27.5 Å². The molecule has 0 radical (unpaired) electrons. The van der Waals surface area contributed by atoms with Crippen LogP contribution in [0.25, 0.3) is 0 Å². The van der Waals surface area contributed by atoms with Crippen LogP contribution < -0.4 is 4.90 Å². The van der Waals surface area contributed by atoms with Crippen LogP contribution in [-0.4, -0.2) is 56.8 Å². The van der Waals surface area contributed by atoms with Crippen LogP contribution in [0.5, 0.6) is 0 Å². The van der Waals surface area contributed by atoms with E-state index in [9.17, 15) is 18.0 Å². The van der Waals surface area contributed by atoms with Gasteiger partial charge in [-0.1, -0.05) is 13.3 Å². The van der Waals surface area contributed by atoms with Crippen LogP contribution >= 0.6 is 0 Å². The first kappa shape index (κ1) is 21.8. The van der Waals surface area contributed by atoms with Crippen LogP contribution in [-0.2, 0) is 19.6 Å². The van der Waals surface area contributed by atoms with E-state index in [1.54, 1.807) is 24.0 Å². The van der Waals surface area contributed by atoms with E-state index in [-0.39, 0.29) is 16.4 Å². The van der Waals surface area contributed by atoms with Crippen molar-refractivity contribution in [3.05, 3.63) is 23.8 Å². The molecule has 0 aromatic heterocycles. The molecule has 9 heteroatoms. The lowest BCUT2D eigenvalue weighted by Gasteiger charge is -2.32. The Hall–Kier alpha value is -2.42. The molecule has 1 aromatic carbocycles. The number of amidine groups is 1. The number of hydrogen-bond donors (Lipinski definition) is 0. The highest BCUT2D eigenvalue weighted by Gasteiger charge is 2.33. The van der Waals surface area contributed by atoms with E-state index >= 15 is 0 Å². The summed E-state index contributed by atoms with van der Waals surface area (Å²) in [5, 5.41) is 0. The number of benzene rings is 1. The van der Waals surface area contributed by atoms with Gasteiger partial charge >= 0.3 is 5.97 Å². The molecule has 0 aliphatic carbocycles. The smallest absolute Gasteiger partial charge is 0.338 e. The van der Waals surface area contributed by atoms with Crippen molar-refractivity contribution in [2.45, 2.75) is 63.4 Å². The molecule has 0 spiro atoms. The van der Waals surface area contributed by atoms with Gasteiger partial charge in [0, 0.05) is 26.1 Å². The largest absolute Gasteiger partial charge is 0.449 e. The summed E-state index contributed by atoms with van der Waals surface area (Å²) in [7, 11) is -3.89. The fourth-order valence-corrected chi connectivity index (χ4v) is 5.66. The number of fused-ring (bicyclic) bond motifs is 3. The Morgan fingerprint density at radius 2 is 1.87 bits per heavy atom. The molecule has 1 atom stereocenters. The molecule has 31 heavy (non-hydrogen) atoms. The second-order valence-corrected chi connectivity index (χ2v) is 10.3. The van der Waals surface area contributed by atoms with Gasteiger partial charge in [0.15, 0.2) is 6.10 Å². The number of carbonyl (C=O) groups is 2. The molecule has 0 bridgehead atoms. The number of sulfonamides is 1. The summed E-state index contributed by atoms with van der Waals surface area (Å²) >= 11 is 0. The summed E-state index contributed by atoms with van der Waals surface area (Å²) in [6, 6.07) is 4.52. The molecule has 1 amide bonds. The first-order valence-electron chi connectivity index (χ1n) is 11.0. The number of nitrogens with zero attached hydrogens (tertiary/aromatic N) is 3. The summed E-state index contributed by atoms with van der Waals surface area (Å²) in [5.74, 6) is 0.224. The Bertz CT molecular complexity index is 1010. The molecule has 0 N–H and O–H groups in total. The van der Waals surface area contributed by atoms with E-state index in [1.807, 2.05) is 4.90 Å². The van der Waals surface area contributed by atoms with Crippen LogP contribution in [0.3, 0.4) is 0 Å². The van der Waals surface area contributed by atoms with Crippen molar-refractivity contribution in [3.8, 4) is 0 Å². The van der Waals surface area contributed by atoms with Gasteiger partial charge < -0.3 is 14.5 Å². The van der Waals surface area contributed by atoms with E-state index in [0.29, 0.717) is 43.5 Å². The molecule has 168 valence electrons. The van der Waals surface area contributed by atoms with Crippen LogP contribution in [0, 0.1) is 5.92 Å². The van der Waals surface area contributed by atoms with E-state index < -0.39 is 22.1 Å². The van der Waals surface area contributed by atoms with Crippen LogP contribution in [0.2, 0.25) is 0 Å². The molecule has 3 aliphatic heterocycles. The van der Waals surface area contributed by atoms with Gasteiger partial charge in [0.1, 0.15) is 10.7 Å². The molecule has 1 unspecified atom stereocenters. The molecule has 4 rings (SSSR count). The zero-order valence-electron chi connectivity index (χ0n) is 18.0. The van der Waals surface area contributed by atoms with Gasteiger partial charge in [0.05, 0.1) is 11.3 Å². The molecular formula is C22H29N3O5S. The summed E-state index contributed by atoms with van der Waals surface area (Å²) < 4.78 is 34.9. The number of carbonyl (C=O) groups excluding carboxylic acids is 2. The normalized spacial score (nSPS) is 21.9. The number of ether oxygens (including phenoxy) is 1. The average Bonchev–Trinajstić information content (AvgIpc) is 2.98. The third-order valence-electron chi connectivity index (χ3n) is 6.31. The zero-order chi connectivity index (χ0) is 22.2. The number of piperidine rings is 1. The number of amides is 1. The third-order valence-corrected chi connectivity index (χ3v) is 7.64. The minimum absolute atomic E-state index is 0.0107. The molecule has 2 fully saturated rings. The summed E-state index contributed by atoms with van der Waals surface area (Å²) in [6.07, 6.45) is 4.46. The van der Waals surface area contributed by atoms with Gasteiger partial charge in [-0.25, -0.2) is 4.79 Å². The molecule has 2 saturated heterocycles. The SMILES string of the molecule is CC1CCN(C(=O)C(C)OC(=O)c2ccc3c(c2)S(=O)(=O)N=C2CCCCCN23)CC1. The maximum atomic E-state index is 12.8. The highest BCUT2D eigenvalue weighted by Crippen LogP contribution is 2.35. The topological polar surface area (TPSA) is 96.3 Å². The lowest BCUT2D eigenvalue weighted by atomic mass is 9.99. The van der Waals surface area contributed by atoms with Crippen molar-refractivity contribution < 1.29 is 22.7 Å². The minimum atomic E-state index is -3.89. The Kier molecular flexibility index (Phi) is 6.05. The molecule has 3 aliphatic rings. The Balaban J connectivity index is 1.51. The van der Waals surface area contributed by atoms with E-state index in [2.05, 4.69) is 11.3 Å². The van der Waals surface area contributed by atoms with E-state index in [0.717, 1.165) is 32.1 Å². The Labute approximate surface area is 183 Å². The average molecular weight is 448 g/mol. The van der Waals surface area contributed by atoms with Crippen molar-refractivity contribution in [2.75, 3.05) is 24.5 Å². The fourth-order valence-electron chi connectivity index (χ4n) is 4.37. The van der Waals surface area contributed by atoms with Gasteiger partial charge in [-0.05, 0) is 56.7 Å². The fraction of sp³-hybridized carbons (Fsp3) is 0.591. The minimum Gasteiger partial charge on any atom is -0.449 e. The highest BCUT2D eigenvalue weighted by atomic mass is 32.2. The molecular weight excluding hydrogens is 418 g/mol. The lowest BCUT2D eigenvalue weighted by molar-refractivity contribution is -0.141. The standard InChI is InChI=1S/C22H29N3O5S/c1-15-9-12-24(13-10-15)21(26)16(2)30-22(27)17-7-8-18-19(14-17)31(28,29)23-20-6-4-3-5-11-25(18)20/h7-8,14-16H,3-6,9-13H2,1-2H3. The van der Waals surface area contributed by atoms with E-state index in [4.69, 9.17) is 4.74 Å². The van der Waals surface area contributed by atoms with Crippen LogP contribution in [0.4, 0.5) is 5.69 Å². The monoisotopic (exact) mass is 447 g/mol. The number of anilines is 1. The second-order valence-electron chi connectivity index (χ2n) is 8.68. The quantitative estimate of drug-likeness (QED) is 0.661. The van der Waals surface area contributed by atoms with E-state index in [1.165, 1.54) is 6.07 Å². The number of hydrogen-bond acceptors (Lipinski definition) is 6. The van der Waals surface area contributed by atoms with Crippen molar-refractivity contribution in [2.24, 2.45) is 10.3 Å². The van der Waals surface area contributed by atoms with Crippen molar-refractivity contribution in [1.29, 1.82) is 0 Å². The van der Waals surface area contributed by atoms with Gasteiger partial charge in [-0.15, -0.1) is 4.40 Å². The van der Waals surface area contributed by atoms with Crippen molar-refractivity contribution >= 4 is 33.4 Å². The number of likely N-dealkylation sites (tertiary alicyclic amines) is 1. The summed E-state index contributed by atoms with van der Waals surface area (Å²) in [4.78, 5) is 29.0. The molecule has 3 heterocycles. The third kappa shape index (κ3) is 4.46. The summed E-state index contributed by atoms with van der Waals surface area (Å²) in [5.41, 5.74) is 0.651. The first-order chi connectivity index (χ1) is 14.8. The predicted octanol–water partition coefficient (Wildman–Crippen LogP) is 2.97. The Morgan fingerprint density at radius 1 is 1.13 bits per heavy atom. The van der Waals surface area contributed by atoms with Gasteiger partial charge in [-0.3, -0.25) is 4.79 Å².